The number of Topliss-reactive ketones (excluding diaryl/α,β-unsaturated/α-hetero) is 1. The molecule has 1 fully saturated rings. The van der Waals surface area contributed by atoms with Crippen molar-refractivity contribution < 1.29 is 32.2 Å². The molecule has 2 aromatic rings. The van der Waals surface area contributed by atoms with Gasteiger partial charge in [0.25, 0.3) is 0 Å². The Labute approximate surface area is 175 Å². The van der Waals surface area contributed by atoms with Crippen LogP contribution < -0.4 is 9.47 Å². The first kappa shape index (κ1) is 21.8. The third-order valence-electron chi connectivity index (χ3n) is 4.81. The van der Waals surface area contributed by atoms with Gasteiger partial charge in [0.05, 0.1) is 24.7 Å². The summed E-state index contributed by atoms with van der Waals surface area (Å²) in [7, 11) is -0.711. The lowest BCUT2D eigenvalue weighted by molar-refractivity contribution is 0.0474. The van der Waals surface area contributed by atoms with Crippen LogP contribution in [0.1, 0.15) is 33.6 Å². The highest BCUT2D eigenvalue weighted by atomic mass is 32.2. The molecule has 2 aromatic carbocycles. The molecule has 0 atom stereocenters. The maximum Gasteiger partial charge on any atom is 0.338 e. The highest BCUT2D eigenvalue weighted by molar-refractivity contribution is 7.89. The minimum atomic E-state index is -3.65. The van der Waals surface area contributed by atoms with Crippen LogP contribution in [-0.2, 0) is 14.8 Å². The second-order valence-corrected chi connectivity index (χ2v) is 8.65. The van der Waals surface area contributed by atoms with Crippen molar-refractivity contribution in [3.63, 3.8) is 0 Å². The van der Waals surface area contributed by atoms with E-state index >= 15 is 0 Å². The Balaban J connectivity index is 1.69. The number of sulfonamides is 1. The molecule has 0 bridgehead atoms. The molecule has 1 aliphatic heterocycles. The van der Waals surface area contributed by atoms with Crippen LogP contribution in [0, 0.1) is 0 Å². The molecule has 3 rings (SSSR count). The summed E-state index contributed by atoms with van der Waals surface area (Å²) in [5, 5.41) is 0. The summed E-state index contributed by atoms with van der Waals surface area (Å²) in [5.41, 5.74) is 0.362. The van der Waals surface area contributed by atoms with Crippen molar-refractivity contribution in [1.29, 1.82) is 0 Å². The molecule has 0 saturated carbocycles. The van der Waals surface area contributed by atoms with Gasteiger partial charge in [-0.2, -0.15) is 4.31 Å². The average molecular weight is 433 g/mol. The molecule has 0 unspecified atom stereocenters. The summed E-state index contributed by atoms with van der Waals surface area (Å²) in [4.78, 5) is 24.8. The van der Waals surface area contributed by atoms with Crippen LogP contribution in [0.5, 0.6) is 11.5 Å². The predicted octanol–water partition coefficient (Wildman–Crippen LogP) is 2.53. The van der Waals surface area contributed by atoms with Gasteiger partial charge in [0, 0.05) is 18.7 Å². The Hall–Kier alpha value is -2.91. The van der Waals surface area contributed by atoms with Crippen molar-refractivity contribution in [3.8, 4) is 11.5 Å². The van der Waals surface area contributed by atoms with Crippen molar-refractivity contribution in [2.24, 2.45) is 0 Å². The second kappa shape index (κ2) is 9.27. The quantitative estimate of drug-likeness (QED) is 0.466. The van der Waals surface area contributed by atoms with E-state index in [0.29, 0.717) is 30.2 Å². The van der Waals surface area contributed by atoms with Gasteiger partial charge < -0.3 is 14.2 Å². The summed E-state index contributed by atoms with van der Waals surface area (Å²) in [5.74, 6) is -0.344. The first-order valence-corrected chi connectivity index (χ1v) is 10.8. The van der Waals surface area contributed by atoms with Gasteiger partial charge in [0.2, 0.25) is 10.0 Å². The highest BCUT2D eigenvalue weighted by Crippen LogP contribution is 2.28. The predicted molar refractivity (Wildman–Crippen MR) is 109 cm³/mol. The molecule has 1 aliphatic rings. The fourth-order valence-electron chi connectivity index (χ4n) is 3.17. The summed E-state index contributed by atoms with van der Waals surface area (Å²) in [6.45, 7) is 0.449. The zero-order chi connectivity index (χ0) is 21.7. The van der Waals surface area contributed by atoms with Crippen LogP contribution in [0.25, 0.3) is 0 Å². The Kier molecular flexibility index (Phi) is 6.73. The van der Waals surface area contributed by atoms with Crippen molar-refractivity contribution in [3.05, 3.63) is 53.6 Å². The number of benzene rings is 2. The fraction of sp³-hybridized carbons (Fsp3) is 0.333. The number of carbonyl (C=O) groups excluding carboxylic acids is 2. The number of esters is 1. The first-order valence-electron chi connectivity index (χ1n) is 9.39. The molecule has 0 spiro atoms. The van der Waals surface area contributed by atoms with E-state index in [2.05, 4.69) is 0 Å². The number of hydrogen-bond acceptors (Lipinski definition) is 7. The van der Waals surface area contributed by atoms with Gasteiger partial charge in [-0.1, -0.05) is 6.07 Å². The lowest BCUT2D eigenvalue weighted by Gasteiger charge is -2.15. The molecule has 1 saturated heterocycles. The third-order valence-corrected chi connectivity index (χ3v) is 6.71. The van der Waals surface area contributed by atoms with E-state index in [4.69, 9.17) is 14.2 Å². The van der Waals surface area contributed by atoms with E-state index < -0.39 is 28.4 Å². The van der Waals surface area contributed by atoms with Gasteiger partial charge in [0.15, 0.2) is 23.9 Å². The van der Waals surface area contributed by atoms with Gasteiger partial charge in [-0.15, -0.1) is 0 Å². The van der Waals surface area contributed by atoms with Crippen LogP contribution in [0.4, 0.5) is 0 Å². The highest BCUT2D eigenvalue weighted by Gasteiger charge is 2.27. The lowest BCUT2D eigenvalue weighted by atomic mass is 10.1. The molecule has 0 aliphatic carbocycles. The van der Waals surface area contributed by atoms with E-state index in [1.165, 1.54) is 48.9 Å². The van der Waals surface area contributed by atoms with Crippen molar-refractivity contribution in [2.75, 3.05) is 33.9 Å². The molecule has 0 N–H and O–H groups in total. The van der Waals surface area contributed by atoms with E-state index in [0.717, 1.165) is 12.8 Å². The fourth-order valence-corrected chi connectivity index (χ4v) is 4.73. The minimum absolute atomic E-state index is 0.0325. The molecule has 0 amide bonds. The first-order chi connectivity index (χ1) is 14.4. The van der Waals surface area contributed by atoms with E-state index in [9.17, 15) is 18.0 Å². The van der Waals surface area contributed by atoms with Gasteiger partial charge in [-0.05, 0) is 49.2 Å². The standard InChI is InChI=1S/C21H23NO7S/c1-27-19-9-8-15(13-20(19)28-2)18(23)14-29-21(24)16-6-5-7-17(12-16)30(25,26)22-10-3-4-11-22/h5-9,12-13H,3-4,10-11,14H2,1-2H3. The van der Waals surface area contributed by atoms with E-state index in [1.54, 1.807) is 12.1 Å². The number of nitrogens with zero attached hydrogens (tertiary/aromatic N) is 1. The Morgan fingerprint density at radius 1 is 0.933 bits per heavy atom. The molecule has 1 heterocycles. The van der Waals surface area contributed by atoms with Crippen LogP contribution in [0.2, 0.25) is 0 Å². The maximum atomic E-state index is 12.7. The van der Waals surface area contributed by atoms with Crippen molar-refractivity contribution in [2.45, 2.75) is 17.7 Å². The molecule has 160 valence electrons. The summed E-state index contributed by atoms with van der Waals surface area (Å²) >= 11 is 0. The summed E-state index contributed by atoms with van der Waals surface area (Å²) in [6, 6.07) is 10.3. The van der Waals surface area contributed by atoms with Gasteiger partial charge in [0.1, 0.15) is 0 Å². The SMILES string of the molecule is COc1ccc(C(=O)COC(=O)c2cccc(S(=O)(=O)N3CCCC3)c2)cc1OC. The van der Waals surface area contributed by atoms with Gasteiger partial charge >= 0.3 is 5.97 Å². The van der Waals surface area contributed by atoms with Crippen molar-refractivity contribution >= 4 is 21.8 Å². The second-order valence-electron chi connectivity index (χ2n) is 6.71. The smallest absolute Gasteiger partial charge is 0.338 e. The normalized spacial score (nSPS) is 14.3. The third kappa shape index (κ3) is 4.63. The van der Waals surface area contributed by atoms with Crippen molar-refractivity contribution in [1.82, 2.24) is 4.31 Å². The number of ether oxygens (including phenoxy) is 3. The molecule has 8 nitrogen and oxygen atoms in total. The zero-order valence-corrected chi connectivity index (χ0v) is 17.6. The van der Waals surface area contributed by atoms with Gasteiger partial charge in [-0.25, -0.2) is 13.2 Å². The van der Waals surface area contributed by atoms with Crippen LogP contribution in [0.3, 0.4) is 0 Å². The Bertz CT molecular complexity index is 1040. The minimum Gasteiger partial charge on any atom is -0.493 e. The van der Waals surface area contributed by atoms with Crippen LogP contribution in [-0.4, -0.2) is 58.4 Å². The Morgan fingerprint density at radius 2 is 1.63 bits per heavy atom. The van der Waals surface area contributed by atoms with Crippen LogP contribution >= 0.6 is 0 Å². The largest absolute Gasteiger partial charge is 0.493 e. The van der Waals surface area contributed by atoms with E-state index in [1.807, 2.05) is 0 Å². The molecule has 30 heavy (non-hydrogen) atoms. The Morgan fingerprint density at radius 3 is 2.30 bits per heavy atom. The lowest BCUT2D eigenvalue weighted by Crippen LogP contribution is -2.28. The molecule has 0 radical (unpaired) electrons. The summed E-state index contributed by atoms with van der Waals surface area (Å²) in [6.07, 6.45) is 1.64. The monoisotopic (exact) mass is 433 g/mol. The maximum absolute atomic E-state index is 12.7. The average Bonchev–Trinajstić information content (AvgIpc) is 3.32. The number of ketones is 1. The van der Waals surface area contributed by atoms with Crippen LogP contribution in [0.15, 0.2) is 47.4 Å². The molecule has 9 heteroatoms. The van der Waals surface area contributed by atoms with E-state index in [-0.39, 0.29) is 10.5 Å². The topological polar surface area (TPSA) is 99.2 Å². The molecular weight excluding hydrogens is 410 g/mol. The number of methoxy groups -OCH3 is 2. The number of hydrogen-bond donors (Lipinski definition) is 0. The molecular formula is C21H23NO7S. The van der Waals surface area contributed by atoms with Gasteiger partial charge in [-0.3, -0.25) is 4.79 Å². The summed E-state index contributed by atoms with van der Waals surface area (Å²) < 4.78 is 42.1. The number of rotatable bonds is 8. The molecule has 0 aromatic heterocycles. The zero-order valence-electron chi connectivity index (χ0n) is 16.8. The number of carbonyl (C=O) groups is 2.